The van der Waals surface area contributed by atoms with Crippen LogP contribution in [-0.4, -0.2) is 30.1 Å². The van der Waals surface area contributed by atoms with E-state index in [1.165, 1.54) is 11.1 Å². The van der Waals surface area contributed by atoms with Crippen molar-refractivity contribution in [3.63, 3.8) is 0 Å². The second kappa shape index (κ2) is 5.85. The summed E-state index contributed by atoms with van der Waals surface area (Å²) in [5, 5.41) is 3.60. The Morgan fingerprint density at radius 3 is 2.56 bits per heavy atom. The van der Waals surface area contributed by atoms with Gasteiger partial charge in [-0.2, -0.15) is 0 Å². The molecular weight excluding hydrogens is 220 g/mol. The van der Waals surface area contributed by atoms with Crippen molar-refractivity contribution in [2.24, 2.45) is 5.92 Å². The Bertz CT molecular complexity index is 369. The second-order valence-electron chi connectivity index (χ2n) is 6.04. The fraction of sp³-hybridized carbons (Fsp3) is 0.625. The Labute approximate surface area is 111 Å². The summed E-state index contributed by atoms with van der Waals surface area (Å²) in [7, 11) is 0. The molecule has 1 aromatic rings. The minimum absolute atomic E-state index is 0.602. The van der Waals surface area contributed by atoms with Crippen LogP contribution in [0.4, 0.5) is 0 Å². The maximum Gasteiger partial charge on any atom is 0.0247 e. The monoisotopic (exact) mass is 246 g/mol. The van der Waals surface area contributed by atoms with Crippen LogP contribution >= 0.6 is 0 Å². The molecule has 1 N–H and O–H groups in total. The first kappa shape index (κ1) is 13.6. The molecule has 1 aliphatic rings. The van der Waals surface area contributed by atoms with Gasteiger partial charge in [-0.05, 0) is 25.3 Å². The molecule has 1 aromatic carbocycles. The SMILES string of the molecule is Cc1ccc(CN2CC(C)NCC2C(C)C)cc1. The van der Waals surface area contributed by atoms with Crippen molar-refractivity contribution in [1.82, 2.24) is 10.2 Å². The Morgan fingerprint density at radius 2 is 1.94 bits per heavy atom. The number of rotatable bonds is 3. The minimum atomic E-state index is 0.602. The van der Waals surface area contributed by atoms with Gasteiger partial charge in [-0.25, -0.2) is 0 Å². The van der Waals surface area contributed by atoms with E-state index in [9.17, 15) is 0 Å². The quantitative estimate of drug-likeness (QED) is 0.882. The topological polar surface area (TPSA) is 15.3 Å². The number of hydrogen-bond donors (Lipinski definition) is 1. The molecular formula is C16H26N2. The molecule has 1 heterocycles. The zero-order chi connectivity index (χ0) is 13.1. The predicted molar refractivity (Wildman–Crippen MR) is 77.7 cm³/mol. The van der Waals surface area contributed by atoms with Crippen LogP contribution in [0.3, 0.4) is 0 Å². The summed E-state index contributed by atoms with van der Waals surface area (Å²) in [6, 6.07) is 10.2. The number of nitrogens with one attached hydrogen (secondary N) is 1. The minimum Gasteiger partial charge on any atom is -0.311 e. The molecule has 1 aliphatic heterocycles. The van der Waals surface area contributed by atoms with Gasteiger partial charge in [-0.15, -0.1) is 0 Å². The van der Waals surface area contributed by atoms with Crippen LogP contribution in [0.1, 0.15) is 31.9 Å². The zero-order valence-corrected chi connectivity index (χ0v) is 12.1. The maximum absolute atomic E-state index is 3.60. The molecule has 0 spiro atoms. The van der Waals surface area contributed by atoms with E-state index in [-0.39, 0.29) is 0 Å². The first-order valence-electron chi connectivity index (χ1n) is 7.09. The summed E-state index contributed by atoms with van der Waals surface area (Å²) in [5.74, 6) is 0.704. The van der Waals surface area contributed by atoms with Crippen molar-refractivity contribution in [3.05, 3.63) is 35.4 Å². The molecule has 2 atom stereocenters. The molecule has 2 unspecified atom stereocenters. The summed E-state index contributed by atoms with van der Waals surface area (Å²) < 4.78 is 0. The standard InChI is InChI=1S/C16H26N2/c1-12(2)16-9-17-14(4)10-18(16)11-15-7-5-13(3)6-8-15/h5-8,12,14,16-17H,9-11H2,1-4H3. The van der Waals surface area contributed by atoms with Crippen LogP contribution < -0.4 is 5.32 Å². The van der Waals surface area contributed by atoms with Gasteiger partial charge < -0.3 is 5.32 Å². The summed E-state index contributed by atoms with van der Waals surface area (Å²) >= 11 is 0. The molecule has 0 saturated carbocycles. The Balaban J connectivity index is 2.06. The van der Waals surface area contributed by atoms with Crippen LogP contribution in [0, 0.1) is 12.8 Å². The molecule has 18 heavy (non-hydrogen) atoms. The molecule has 2 heteroatoms. The van der Waals surface area contributed by atoms with Crippen molar-refractivity contribution in [1.29, 1.82) is 0 Å². The molecule has 0 aromatic heterocycles. The Hall–Kier alpha value is -0.860. The van der Waals surface area contributed by atoms with E-state index in [0.717, 1.165) is 19.6 Å². The number of piperazine rings is 1. The third-order valence-electron chi connectivity index (χ3n) is 3.93. The molecule has 1 saturated heterocycles. The smallest absolute Gasteiger partial charge is 0.0247 e. The van der Waals surface area contributed by atoms with Gasteiger partial charge in [0.2, 0.25) is 0 Å². The molecule has 2 nitrogen and oxygen atoms in total. The van der Waals surface area contributed by atoms with Crippen LogP contribution in [0.25, 0.3) is 0 Å². The highest BCUT2D eigenvalue weighted by atomic mass is 15.2. The van der Waals surface area contributed by atoms with Crippen LogP contribution in [0.5, 0.6) is 0 Å². The van der Waals surface area contributed by atoms with Crippen LogP contribution in [0.15, 0.2) is 24.3 Å². The Morgan fingerprint density at radius 1 is 1.28 bits per heavy atom. The molecule has 0 bridgehead atoms. The lowest BCUT2D eigenvalue weighted by molar-refractivity contribution is 0.0956. The average Bonchev–Trinajstić information content (AvgIpc) is 2.32. The van der Waals surface area contributed by atoms with E-state index >= 15 is 0 Å². The van der Waals surface area contributed by atoms with Crippen LogP contribution in [0.2, 0.25) is 0 Å². The summed E-state index contributed by atoms with van der Waals surface area (Å²) in [5.41, 5.74) is 2.77. The van der Waals surface area contributed by atoms with Crippen molar-refractivity contribution >= 4 is 0 Å². The van der Waals surface area contributed by atoms with Gasteiger partial charge in [0.15, 0.2) is 0 Å². The highest BCUT2D eigenvalue weighted by Crippen LogP contribution is 2.18. The fourth-order valence-electron chi connectivity index (χ4n) is 2.77. The number of aryl methyl sites for hydroxylation is 1. The zero-order valence-electron chi connectivity index (χ0n) is 12.1. The van der Waals surface area contributed by atoms with E-state index in [0.29, 0.717) is 18.0 Å². The third kappa shape index (κ3) is 3.33. The third-order valence-corrected chi connectivity index (χ3v) is 3.93. The van der Waals surface area contributed by atoms with Gasteiger partial charge in [0, 0.05) is 31.7 Å². The van der Waals surface area contributed by atoms with Gasteiger partial charge in [0.25, 0.3) is 0 Å². The summed E-state index contributed by atoms with van der Waals surface area (Å²) in [6.07, 6.45) is 0. The molecule has 0 amide bonds. The second-order valence-corrected chi connectivity index (χ2v) is 6.04. The van der Waals surface area contributed by atoms with Crippen molar-refractivity contribution in [2.45, 2.75) is 46.3 Å². The van der Waals surface area contributed by atoms with Gasteiger partial charge in [0.1, 0.15) is 0 Å². The van der Waals surface area contributed by atoms with E-state index in [1.54, 1.807) is 0 Å². The number of hydrogen-bond acceptors (Lipinski definition) is 2. The van der Waals surface area contributed by atoms with Crippen molar-refractivity contribution in [2.75, 3.05) is 13.1 Å². The van der Waals surface area contributed by atoms with E-state index < -0.39 is 0 Å². The van der Waals surface area contributed by atoms with Crippen molar-refractivity contribution in [3.8, 4) is 0 Å². The van der Waals surface area contributed by atoms with E-state index in [2.05, 4.69) is 62.2 Å². The van der Waals surface area contributed by atoms with Gasteiger partial charge in [0.05, 0.1) is 0 Å². The lowest BCUT2D eigenvalue weighted by atomic mass is 9.98. The number of benzene rings is 1. The lowest BCUT2D eigenvalue weighted by Gasteiger charge is -2.41. The highest BCUT2D eigenvalue weighted by molar-refractivity contribution is 5.21. The fourth-order valence-corrected chi connectivity index (χ4v) is 2.77. The average molecular weight is 246 g/mol. The summed E-state index contributed by atoms with van der Waals surface area (Å²) in [4.78, 5) is 2.64. The Kier molecular flexibility index (Phi) is 4.41. The van der Waals surface area contributed by atoms with Gasteiger partial charge >= 0.3 is 0 Å². The molecule has 2 rings (SSSR count). The van der Waals surface area contributed by atoms with E-state index in [4.69, 9.17) is 0 Å². The van der Waals surface area contributed by atoms with Gasteiger partial charge in [-0.1, -0.05) is 43.7 Å². The molecule has 0 radical (unpaired) electrons. The maximum atomic E-state index is 3.60. The molecule has 1 fully saturated rings. The van der Waals surface area contributed by atoms with Crippen LogP contribution in [-0.2, 0) is 6.54 Å². The first-order valence-corrected chi connectivity index (χ1v) is 7.09. The molecule has 0 aliphatic carbocycles. The normalized spacial score (nSPS) is 25.6. The lowest BCUT2D eigenvalue weighted by Crippen LogP contribution is -2.56. The highest BCUT2D eigenvalue weighted by Gasteiger charge is 2.27. The number of nitrogens with zero attached hydrogens (tertiary/aromatic N) is 1. The molecule has 100 valence electrons. The summed E-state index contributed by atoms with van der Waals surface area (Å²) in [6.45, 7) is 12.4. The largest absolute Gasteiger partial charge is 0.311 e. The van der Waals surface area contributed by atoms with E-state index in [1.807, 2.05) is 0 Å². The first-order chi connectivity index (χ1) is 8.56. The van der Waals surface area contributed by atoms with Crippen molar-refractivity contribution < 1.29 is 0 Å². The van der Waals surface area contributed by atoms with Gasteiger partial charge in [-0.3, -0.25) is 4.90 Å². The predicted octanol–water partition coefficient (Wildman–Crippen LogP) is 2.81.